The van der Waals surface area contributed by atoms with Gasteiger partial charge in [-0.3, -0.25) is 13.9 Å². The van der Waals surface area contributed by atoms with E-state index in [0.29, 0.717) is 30.2 Å². The molecule has 0 saturated heterocycles. The maximum absolute atomic E-state index is 13.4. The van der Waals surface area contributed by atoms with Crippen molar-refractivity contribution in [2.24, 2.45) is 0 Å². The quantitative estimate of drug-likeness (QED) is 0.268. The van der Waals surface area contributed by atoms with E-state index in [9.17, 15) is 18.0 Å². The van der Waals surface area contributed by atoms with Crippen molar-refractivity contribution in [2.45, 2.75) is 11.3 Å². The molecule has 212 valence electrons. The van der Waals surface area contributed by atoms with Gasteiger partial charge in [-0.2, -0.15) is 0 Å². The van der Waals surface area contributed by atoms with Gasteiger partial charge in [0.05, 0.1) is 41.6 Å². The van der Waals surface area contributed by atoms with Crippen LogP contribution in [-0.4, -0.2) is 48.0 Å². The molecule has 4 aromatic rings. The number of nitrogens with zero attached hydrogens (tertiary/aromatic N) is 1. The Morgan fingerprint density at radius 2 is 1.39 bits per heavy atom. The Morgan fingerprint density at radius 3 is 2.10 bits per heavy atom. The zero-order valence-corrected chi connectivity index (χ0v) is 23.8. The van der Waals surface area contributed by atoms with Crippen LogP contribution >= 0.6 is 0 Å². The molecule has 0 aliphatic rings. The molecule has 9 nitrogen and oxygen atoms in total. The number of amides is 2. The number of hydrogen-bond donors (Lipinski definition) is 2. The summed E-state index contributed by atoms with van der Waals surface area (Å²) in [7, 11) is 0.617. The number of sulfonamides is 1. The molecule has 0 spiro atoms. The van der Waals surface area contributed by atoms with Crippen LogP contribution in [0.1, 0.15) is 26.3 Å². The summed E-state index contributed by atoms with van der Waals surface area (Å²) in [4.78, 5) is 26.6. The Labute approximate surface area is 239 Å². The molecular formula is C31H31N3O6S. The summed E-state index contributed by atoms with van der Waals surface area (Å²) in [5, 5.41) is 5.66. The molecule has 0 atom stereocenters. The maximum Gasteiger partial charge on any atom is 0.264 e. The number of carbonyl (C=O) groups is 2. The predicted octanol–water partition coefficient (Wildman–Crippen LogP) is 4.75. The van der Waals surface area contributed by atoms with Crippen LogP contribution in [0.2, 0.25) is 0 Å². The highest BCUT2D eigenvalue weighted by atomic mass is 32.2. The van der Waals surface area contributed by atoms with Gasteiger partial charge in [0.2, 0.25) is 0 Å². The number of methoxy groups -OCH3 is 2. The highest BCUT2D eigenvalue weighted by molar-refractivity contribution is 7.92. The van der Waals surface area contributed by atoms with Gasteiger partial charge in [-0.1, -0.05) is 48.5 Å². The Morgan fingerprint density at radius 1 is 0.756 bits per heavy atom. The van der Waals surface area contributed by atoms with Gasteiger partial charge in [0, 0.05) is 13.6 Å². The normalized spacial score (nSPS) is 10.9. The molecular weight excluding hydrogens is 542 g/mol. The third-order valence-corrected chi connectivity index (χ3v) is 8.24. The first-order chi connectivity index (χ1) is 19.8. The third-order valence-electron chi connectivity index (χ3n) is 6.46. The monoisotopic (exact) mass is 573 g/mol. The maximum atomic E-state index is 13.4. The number of ether oxygens (including phenoxy) is 2. The minimum atomic E-state index is -3.91. The summed E-state index contributed by atoms with van der Waals surface area (Å²) < 4.78 is 38.1. The molecule has 0 unspecified atom stereocenters. The second-order valence-corrected chi connectivity index (χ2v) is 11.0. The van der Waals surface area contributed by atoms with E-state index in [1.165, 1.54) is 25.2 Å². The first kappa shape index (κ1) is 29.2. The molecule has 10 heteroatoms. The van der Waals surface area contributed by atoms with Crippen LogP contribution in [0, 0.1) is 0 Å². The number of para-hydroxylation sites is 2. The van der Waals surface area contributed by atoms with E-state index in [-0.39, 0.29) is 27.6 Å². The molecule has 0 aliphatic heterocycles. The molecule has 0 aromatic heterocycles. The fourth-order valence-corrected chi connectivity index (χ4v) is 5.49. The standard InChI is InChI=1S/C31H31N3O6S/c1-34(41(37,38)23-11-5-4-6-12-23)27-16-10-8-14-25(27)31(36)33-26-15-9-7-13-24(26)30(35)32-20-19-22-17-18-28(39-2)29(21-22)40-3/h4-18,21H,19-20H2,1-3H3,(H,32,35)(H,33,36). The van der Waals surface area contributed by atoms with Crippen molar-refractivity contribution in [3.63, 3.8) is 0 Å². The van der Waals surface area contributed by atoms with Gasteiger partial charge < -0.3 is 20.1 Å². The smallest absolute Gasteiger partial charge is 0.264 e. The number of anilines is 2. The van der Waals surface area contributed by atoms with Crippen molar-refractivity contribution >= 4 is 33.2 Å². The van der Waals surface area contributed by atoms with Gasteiger partial charge >= 0.3 is 0 Å². The lowest BCUT2D eigenvalue weighted by Crippen LogP contribution is -2.29. The van der Waals surface area contributed by atoms with E-state index in [1.54, 1.807) is 80.9 Å². The van der Waals surface area contributed by atoms with Gasteiger partial charge in [0.25, 0.3) is 21.8 Å². The number of nitrogens with one attached hydrogen (secondary N) is 2. The SMILES string of the molecule is COc1ccc(CCNC(=O)c2ccccc2NC(=O)c2ccccc2N(C)S(=O)(=O)c2ccccc2)cc1OC. The molecule has 0 bridgehead atoms. The van der Waals surface area contributed by atoms with Gasteiger partial charge in [-0.15, -0.1) is 0 Å². The second kappa shape index (κ2) is 13.0. The van der Waals surface area contributed by atoms with Crippen molar-refractivity contribution in [1.82, 2.24) is 5.32 Å². The van der Waals surface area contributed by atoms with Gasteiger partial charge in [-0.05, 0) is 60.5 Å². The van der Waals surface area contributed by atoms with Crippen molar-refractivity contribution in [3.8, 4) is 11.5 Å². The van der Waals surface area contributed by atoms with E-state index in [2.05, 4.69) is 10.6 Å². The molecule has 2 N–H and O–H groups in total. The molecule has 41 heavy (non-hydrogen) atoms. The van der Waals surface area contributed by atoms with Crippen LogP contribution in [0.5, 0.6) is 11.5 Å². The van der Waals surface area contributed by atoms with E-state index < -0.39 is 15.9 Å². The number of carbonyl (C=O) groups excluding carboxylic acids is 2. The predicted molar refractivity (Wildman–Crippen MR) is 158 cm³/mol. The fraction of sp³-hybridized carbons (Fsp3) is 0.161. The summed E-state index contributed by atoms with van der Waals surface area (Å²) in [5.41, 5.74) is 1.86. The lowest BCUT2D eigenvalue weighted by molar-refractivity contribution is 0.0955. The Balaban J connectivity index is 1.49. The molecule has 0 fully saturated rings. The largest absolute Gasteiger partial charge is 0.493 e. The Bertz CT molecular complexity index is 1640. The summed E-state index contributed by atoms with van der Waals surface area (Å²) in [6.07, 6.45) is 0.552. The Kier molecular flexibility index (Phi) is 9.26. The van der Waals surface area contributed by atoms with Crippen LogP contribution in [-0.2, 0) is 16.4 Å². The molecule has 2 amide bonds. The van der Waals surface area contributed by atoms with Crippen LogP contribution in [0.15, 0.2) is 102 Å². The van der Waals surface area contributed by atoms with Crippen molar-refractivity contribution in [1.29, 1.82) is 0 Å². The number of benzene rings is 4. The van der Waals surface area contributed by atoms with Crippen LogP contribution in [0.4, 0.5) is 11.4 Å². The van der Waals surface area contributed by atoms with Crippen LogP contribution < -0.4 is 24.4 Å². The zero-order chi connectivity index (χ0) is 29.4. The molecule has 4 aromatic carbocycles. The average molecular weight is 574 g/mol. The summed E-state index contributed by atoms with van der Waals surface area (Å²) in [6.45, 7) is 0.349. The lowest BCUT2D eigenvalue weighted by atomic mass is 10.1. The van der Waals surface area contributed by atoms with Crippen molar-refractivity contribution in [2.75, 3.05) is 37.4 Å². The molecule has 0 aliphatic carbocycles. The minimum Gasteiger partial charge on any atom is -0.493 e. The van der Waals surface area contributed by atoms with Crippen molar-refractivity contribution in [3.05, 3.63) is 114 Å². The number of rotatable bonds is 11. The highest BCUT2D eigenvalue weighted by Gasteiger charge is 2.25. The highest BCUT2D eigenvalue weighted by Crippen LogP contribution is 2.28. The summed E-state index contributed by atoms with van der Waals surface area (Å²) >= 11 is 0. The van der Waals surface area contributed by atoms with Crippen molar-refractivity contribution < 1.29 is 27.5 Å². The summed E-state index contributed by atoms with van der Waals surface area (Å²) in [5.74, 6) is 0.307. The molecule has 4 rings (SSSR count). The summed E-state index contributed by atoms with van der Waals surface area (Å²) in [6, 6.07) is 26.6. The first-order valence-electron chi connectivity index (χ1n) is 12.8. The van der Waals surface area contributed by atoms with Gasteiger partial charge in [0.15, 0.2) is 11.5 Å². The topological polar surface area (TPSA) is 114 Å². The van der Waals surface area contributed by atoms with Crippen LogP contribution in [0.3, 0.4) is 0 Å². The first-order valence-corrected chi connectivity index (χ1v) is 14.2. The van der Waals surface area contributed by atoms with Gasteiger partial charge in [-0.25, -0.2) is 8.42 Å². The van der Waals surface area contributed by atoms with E-state index in [0.717, 1.165) is 9.87 Å². The second-order valence-electron chi connectivity index (χ2n) is 9.00. The molecule has 0 radical (unpaired) electrons. The number of hydrogen-bond acceptors (Lipinski definition) is 6. The third kappa shape index (κ3) is 6.67. The zero-order valence-electron chi connectivity index (χ0n) is 23.0. The Hall–Kier alpha value is -4.83. The van der Waals surface area contributed by atoms with E-state index >= 15 is 0 Å². The average Bonchev–Trinajstić information content (AvgIpc) is 3.01. The molecule has 0 heterocycles. The minimum absolute atomic E-state index is 0.104. The molecule has 0 saturated carbocycles. The van der Waals surface area contributed by atoms with E-state index in [4.69, 9.17) is 9.47 Å². The van der Waals surface area contributed by atoms with E-state index in [1.807, 2.05) is 12.1 Å². The van der Waals surface area contributed by atoms with Gasteiger partial charge in [0.1, 0.15) is 0 Å². The fourth-order valence-electron chi connectivity index (χ4n) is 4.25. The lowest BCUT2D eigenvalue weighted by Gasteiger charge is -2.22. The van der Waals surface area contributed by atoms with Crippen LogP contribution in [0.25, 0.3) is 0 Å².